The van der Waals surface area contributed by atoms with Gasteiger partial charge in [-0.1, -0.05) is 29.5 Å². The lowest BCUT2D eigenvalue weighted by atomic mass is 10.1. The summed E-state index contributed by atoms with van der Waals surface area (Å²) in [6, 6.07) is 6.16. The summed E-state index contributed by atoms with van der Waals surface area (Å²) >= 11 is 2.91. The molecule has 0 spiro atoms. The van der Waals surface area contributed by atoms with Crippen LogP contribution in [0.1, 0.15) is 23.7 Å². The lowest BCUT2D eigenvalue weighted by molar-refractivity contribution is -0.114. The number of carbonyl (C=O) groups excluding carboxylic acids is 1. The van der Waals surface area contributed by atoms with E-state index in [1.807, 2.05) is 24.4 Å². The standard InChI is InChI=1S/C15H16N6OS2/c1-9-4-5-13(10(2)6-9)21-15(18-19-20-21)24-8-12-7-23-14(17-12)16-11(3)22/h4-7H,8H2,1-3H3,(H,16,17,22). The number of aryl methyl sites for hydroxylation is 2. The maximum absolute atomic E-state index is 11.0. The van der Waals surface area contributed by atoms with E-state index in [-0.39, 0.29) is 5.91 Å². The monoisotopic (exact) mass is 360 g/mol. The molecule has 0 saturated heterocycles. The van der Waals surface area contributed by atoms with E-state index in [2.05, 4.69) is 38.8 Å². The van der Waals surface area contributed by atoms with Crippen LogP contribution in [0.5, 0.6) is 0 Å². The molecular formula is C15H16N6OS2. The second kappa shape index (κ2) is 7.10. The number of amides is 1. The number of thiazole rings is 1. The predicted octanol–water partition coefficient (Wildman–Crippen LogP) is 2.99. The van der Waals surface area contributed by atoms with Crippen molar-refractivity contribution in [2.75, 3.05) is 5.32 Å². The molecule has 2 heterocycles. The molecule has 0 atom stereocenters. The van der Waals surface area contributed by atoms with Crippen LogP contribution in [0.3, 0.4) is 0 Å². The molecule has 9 heteroatoms. The quantitative estimate of drug-likeness (QED) is 0.704. The first-order chi connectivity index (χ1) is 11.5. The van der Waals surface area contributed by atoms with Gasteiger partial charge in [-0.05, 0) is 35.9 Å². The van der Waals surface area contributed by atoms with Crippen molar-refractivity contribution in [3.05, 3.63) is 40.4 Å². The van der Waals surface area contributed by atoms with E-state index in [1.54, 1.807) is 4.68 Å². The minimum absolute atomic E-state index is 0.123. The van der Waals surface area contributed by atoms with Crippen LogP contribution >= 0.6 is 23.1 Å². The maximum atomic E-state index is 11.0. The Morgan fingerprint density at radius 3 is 2.96 bits per heavy atom. The first-order valence-electron chi connectivity index (χ1n) is 7.24. The molecule has 0 aliphatic rings. The van der Waals surface area contributed by atoms with Crippen molar-refractivity contribution in [1.82, 2.24) is 25.2 Å². The van der Waals surface area contributed by atoms with E-state index in [9.17, 15) is 4.79 Å². The average molecular weight is 360 g/mol. The molecule has 0 aliphatic heterocycles. The van der Waals surface area contributed by atoms with Crippen LogP contribution in [-0.2, 0) is 10.5 Å². The molecule has 1 N–H and O–H groups in total. The van der Waals surface area contributed by atoms with E-state index in [4.69, 9.17) is 0 Å². The van der Waals surface area contributed by atoms with Crippen LogP contribution in [0.15, 0.2) is 28.7 Å². The predicted molar refractivity (Wildman–Crippen MR) is 94.6 cm³/mol. The second-order valence-corrected chi connectivity index (χ2v) is 7.08. The number of nitrogens with one attached hydrogen (secondary N) is 1. The highest BCUT2D eigenvalue weighted by molar-refractivity contribution is 7.98. The van der Waals surface area contributed by atoms with Crippen LogP contribution < -0.4 is 5.32 Å². The number of hydrogen-bond donors (Lipinski definition) is 1. The summed E-state index contributed by atoms with van der Waals surface area (Å²) in [5.41, 5.74) is 4.16. The van der Waals surface area contributed by atoms with Crippen LogP contribution in [0, 0.1) is 13.8 Å². The fraction of sp³-hybridized carbons (Fsp3) is 0.267. The first-order valence-corrected chi connectivity index (χ1v) is 9.10. The molecule has 0 fully saturated rings. The molecule has 0 saturated carbocycles. The zero-order valence-electron chi connectivity index (χ0n) is 13.5. The topological polar surface area (TPSA) is 85.6 Å². The molecule has 0 radical (unpaired) electrons. The third kappa shape index (κ3) is 3.80. The summed E-state index contributed by atoms with van der Waals surface area (Å²) in [7, 11) is 0. The van der Waals surface area contributed by atoms with Crippen molar-refractivity contribution in [3.8, 4) is 5.69 Å². The Kier molecular flexibility index (Phi) is 4.91. The highest BCUT2D eigenvalue weighted by atomic mass is 32.2. The van der Waals surface area contributed by atoms with E-state index in [1.165, 1.54) is 35.6 Å². The third-order valence-electron chi connectivity index (χ3n) is 3.21. The van der Waals surface area contributed by atoms with Crippen LogP contribution in [0.2, 0.25) is 0 Å². The Labute approximate surface area is 147 Å². The summed E-state index contributed by atoms with van der Waals surface area (Å²) in [4.78, 5) is 15.4. The first kappa shape index (κ1) is 16.6. The van der Waals surface area contributed by atoms with Gasteiger partial charge >= 0.3 is 0 Å². The molecule has 124 valence electrons. The molecule has 0 aliphatic carbocycles. The number of benzene rings is 1. The molecular weight excluding hydrogens is 344 g/mol. The van der Waals surface area contributed by atoms with E-state index < -0.39 is 0 Å². The van der Waals surface area contributed by atoms with Gasteiger partial charge in [0.15, 0.2) is 5.13 Å². The van der Waals surface area contributed by atoms with Crippen molar-refractivity contribution >= 4 is 34.1 Å². The molecule has 0 unspecified atom stereocenters. The van der Waals surface area contributed by atoms with Gasteiger partial charge in [0, 0.05) is 18.1 Å². The molecule has 1 amide bonds. The minimum Gasteiger partial charge on any atom is -0.302 e. The second-order valence-electron chi connectivity index (χ2n) is 5.28. The molecule has 0 bridgehead atoms. The van der Waals surface area contributed by atoms with Gasteiger partial charge in [0.05, 0.1) is 11.4 Å². The largest absolute Gasteiger partial charge is 0.302 e. The van der Waals surface area contributed by atoms with Gasteiger partial charge < -0.3 is 5.32 Å². The molecule has 3 rings (SSSR count). The fourth-order valence-corrected chi connectivity index (χ4v) is 3.82. The number of anilines is 1. The number of carbonyl (C=O) groups is 1. The lowest BCUT2D eigenvalue weighted by Gasteiger charge is -2.07. The Morgan fingerprint density at radius 2 is 2.21 bits per heavy atom. The summed E-state index contributed by atoms with van der Waals surface area (Å²) in [6.45, 7) is 5.56. The Balaban J connectivity index is 1.74. The van der Waals surface area contributed by atoms with Crippen LogP contribution in [-0.4, -0.2) is 31.1 Å². The van der Waals surface area contributed by atoms with Gasteiger partial charge in [-0.2, -0.15) is 4.68 Å². The summed E-state index contributed by atoms with van der Waals surface area (Å²) in [5, 5.41) is 17.9. The highest BCUT2D eigenvalue weighted by Gasteiger charge is 2.12. The van der Waals surface area contributed by atoms with Crippen LogP contribution in [0.25, 0.3) is 5.69 Å². The van der Waals surface area contributed by atoms with Crippen molar-refractivity contribution < 1.29 is 4.79 Å². The van der Waals surface area contributed by atoms with Crippen LogP contribution in [0.4, 0.5) is 5.13 Å². The third-order valence-corrected chi connectivity index (χ3v) is 4.96. The average Bonchev–Trinajstić information content (AvgIpc) is 3.14. The summed E-state index contributed by atoms with van der Waals surface area (Å²) in [5.74, 6) is 0.504. The number of rotatable bonds is 5. The number of aromatic nitrogens is 5. The molecule has 7 nitrogen and oxygen atoms in total. The molecule has 1 aromatic carbocycles. The van der Waals surface area contributed by atoms with Gasteiger partial charge in [-0.3, -0.25) is 4.79 Å². The fourth-order valence-electron chi connectivity index (χ4n) is 2.18. The Morgan fingerprint density at radius 1 is 1.38 bits per heavy atom. The Hall–Kier alpha value is -2.26. The summed E-state index contributed by atoms with van der Waals surface area (Å²) in [6.07, 6.45) is 0. The molecule has 2 aromatic heterocycles. The number of thioether (sulfide) groups is 1. The van der Waals surface area contributed by atoms with E-state index in [0.29, 0.717) is 16.0 Å². The minimum atomic E-state index is -0.123. The Bertz CT molecular complexity index is 872. The maximum Gasteiger partial charge on any atom is 0.223 e. The lowest BCUT2D eigenvalue weighted by Crippen LogP contribution is -2.05. The van der Waals surface area contributed by atoms with Gasteiger partial charge in [-0.25, -0.2) is 4.98 Å². The van der Waals surface area contributed by atoms with Crippen molar-refractivity contribution in [3.63, 3.8) is 0 Å². The zero-order valence-corrected chi connectivity index (χ0v) is 15.1. The SMILES string of the molecule is CC(=O)Nc1nc(CSc2nnnn2-c2ccc(C)cc2C)cs1. The number of tetrazole rings is 1. The van der Waals surface area contributed by atoms with Crippen molar-refractivity contribution in [2.45, 2.75) is 31.7 Å². The smallest absolute Gasteiger partial charge is 0.223 e. The van der Waals surface area contributed by atoms with E-state index in [0.717, 1.165) is 16.9 Å². The zero-order chi connectivity index (χ0) is 17.1. The van der Waals surface area contributed by atoms with Gasteiger partial charge in [0.2, 0.25) is 11.1 Å². The molecule has 3 aromatic rings. The van der Waals surface area contributed by atoms with Crippen molar-refractivity contribution in [1.29, 1.82) is 0 Å². The van der Waals surface area contributed by atoms with Gasteiger partial charge in [-0.15, -0.1) is 16.4 Å². The van der Waals surface area contributed by atoms with Gasteiger partial charge in [0.1, 0.15) is 0 Å². The highest BCUT2D eigenvalue weighted by Crippen LogP contribution is 2.26. The number of nitrogens with zero attached hydrogens (tertiary/aromatic N) is 5. The van der Waals surface area contributed by atoms with Crippen molar-refractivity contribution in [2.24, 2.45) is 0 Å². The summed E-state index contributed by atoms with van der Waals surface area (Å²) < 4.78 is 1.74. The molecule has 24 heavy (non-hydrogen) atoms. The van der Waals surface area contributed by atoms with E-state index >= 15 is 0 Å². The normalized spacial score (nSPS) is 10.8. The number of hydrogen-bond acceptors (Lipinski definition) is 7. The van der Waals surface area contributed by atoms with Gasteiger partial charge in [0.25, 0.3) is 0 Å².